The van der Waals surface area contributed by atoms with Gasteiger partial charge < -0.3 is 19.7 Å². The molecule has 3 heterocycles. The fourth-order valence-corrected chi connectivity index (χ4v) is 2.67. The summed E-state index contributed by atoms with van der Waals surface area (Å²) in [5, 5.41) is 3.19. The van der Waals surface area contributed by atoms with Crippen molar-refractivity contribution in [2.75, 3.05) is 37.0 Å². The number of nitrogens with one attached hydrogen (secondary N) is 1. The molecule has 2 atom stereocenters. The van der Waals surface area contributed by atoms with E-state index in [-0.39, 0.29) is 0 Å². The van der Waals surface area contributed by atoms with Crippen molar-refractivity contribution in [1.82, 2.24) is 15.0 Å². The summed E-state index contributed by atoms with van der Waals surface area (Å²) in [6.45, 7) is 4.63. The van der Waals surface area contributed by atoms with Gasteiger partial charge in [-0.25, -0.2) is 0 Å². The van der Waals surface area contributed by atoms with Crippen LogP contribution >= 0.6 is 0 Å². The smallest absolute Gasteiger partial charge is 0.322 e. The van der Waals surface area contributed by atoms with Gasteiger partial charge in [0.25, 0.3) is 0 Å². The molecule has 3 rings (SSSR count). The van der Waals surface area contributed by atoms with Crippen molar-refractivity contribution >= 4 is 11.9 Å². The first-order valence-corrected chi connectivity index (χ1v) is 7.23. The van der Waals surface area contributed by atoms with Gasteiger partial charge in [0.2, 0.25) is 11.9 Å². The molecule has 2 aliphatic rings. The standard InChI is InChI=1S/C13H21N5O2/c1-3-6-14-11-15-12(17-13(16-11)19-2)18-7-9-4-5-10(8-18)20-9/h9-10H,3-8H2,1-2H3,(H,14,15,16,17). The van der Waals surface area contributed by atoms with Crippen molar-refractivity contribution in [3.8, 4) is 6.01 Å². The van der Waals surface area contributed by atoms with E-state index in [1.807, 2.05) is 0 Å². The van der Waals surface area contributed by atoms with Crippen LogP contribution in [0.1, 0.15) is 26.2 Å². The highest BCUT2D eigenvalue weighted by Gasteiger charge is 2.35. The Morgan fingerprint density at radius 3 is 2.65 bits per heavy atom. The minimum Gasteiger partial charge on any atom is -0.467 e. The summed E-state index contributed by atoms with van der Waals surface area (Å²) >= 11 is 0. The van der Waals surface area contributed by atoms with Crippen molar-refractivity contribution < 1.29 is 9.47 Å². The zero-order valence-electron chi connectivity index (χ0n) is 12.0. The Morgan fingerprint density at radius 2 is 2.00 bits per heavy atom. The largest absolute Gasteiger partial charge is 0.467 e. The van der Waals surface area contributed by atoms with E-state index in [0.717, 1.165) is 38.9 Å². The summed E-state index contributed by atoms with van der Waals surface area (Å²) in [5.41, 5.74) is 0. The maximum Gasteiger partial charge on any atom is 0.322 e. The lowest BCUT2D eigenvalue weighted by Crippen LogP contribution is -2.43. The van der Waals surface area contributed by atoms with Crippen molar-refractivity contribution in [2.24, 2.45) is 0 Å². The molecule has 1 N–H and O–H groups in total. The number of fused-ring (bicyclic) bond motifs is 2. The van der Waals surface area contributed by atoms with Gasteiger partial charge in [-0.1, -0.05) is 6.92 Å². The molecule has 2 unspecified atom stereocenters. The fourth-order valence-electron chi connectivity index (χ4n) is 2.67. The van der Waals surface area contributed by atoms with Crippen LogP contribution in [0.3, 0.4) is 0 Å². The van der Waals surface area contributed by atoms with Crippen LogP contribution in [0.25, 0.3) is 0 Å². The number of ether oxygens (including phenoxy) is 2. The molecule has 0 spiro atoms. The molecule has 1 aromatic rings. The summed E-state index contributed by atoms with van der Waals surface area (Å²) in [5.74, 6) is 1.25. The Morgan fingerprint density at radius 1 is 1.25 bits per heavy atom. The third-order valence-corrected chi connectivity index (χ3v) is 3.65. The Balaban J connectivity index is 1.80. The van der Waals surface area contributed by atoms with Crippen molar-refractivity contribution in [2.45, 2.75) is 38.4 Å². The Hall–Kier alpha value is -1.63. The molecule has 20 heavy (non-hydrogen) atoms. The van der Waals surface area contributed by atoms with Crippen molar-refractivity contribution in [3.63, 3.8) is 0 Å². The Bertz CT molecular complexity index is 458. The highest BCUT2D eigenvalue weighted by Crippen LogP contribution is 2.28. The van der Waals surface area contributed by atoms with Crippen molar-refractivity contribution in [1.29, 1.82) is 0 Å². The maximum absolute atomic E-state index is 5.84. The quantitative estimate of drug-likeness (QED) is 0.864. The normalized spacial score (nSPS) is 24.8. The molecule has 2 saturated heterocycles. The Kier molecular flexibility index (Phi) is 3.86. The maximum atomic E-state index is 5.84. The monoisotopic (exact) mass is 279 g/mol. The molecule has 0 saturated carbocycles. The SMILES string of the molecule is CCCNc1nc(OC)nc(N2CC3CCC(C2)O3)n1. The van der Waals surface area contributed by atoms with Crippen LogP contribution in [0.15, 0.2) is 0 Å². The fraction of sp³-hybridized carbons (Fsp3) is 0.769. The number of anilines is 2. The molecule has 0 aliphatic carbocycles. The number of hydrogen-bond donors (Lipinski definition) is 1. The summed E-state index contributed by atoms with van der Waals surface area (Å²) < 4.78 is 11.0. The van der Waals surface area contributed by atoms with E-state index in [1.54, 1.807) is 7.11 Å². The molecule has 110 valence electrons. The lowest BCUT2D eigenvalue weighted by molar-refractivity contribution is 0.0299. The van der Waals surface area contributed by atoms with Crippen LogP contribution in [-0.4, -0.2) is 53.9 Å². The lowest BCUT2D eigenvalue weighted by Gasteiger charge is -2.32. The average Bonchev–Trinajstić information content (AvgIpc) is 2.83. The first-order chi connectivity index (χ1) is 9.78. The topological polar surface area (TPSA) is 72.4 Å². The number of methoxy groups -OCH3 is 1. The van der Waals surface area contributed by atoms with Gasteiger partial charge >= 0.3 is 6.01 Å². The highest BCUT2D eigenvalue weighted by atomic mass is 16.5. The van der Waals surface area contributed by atoms with E-state index in [0.29, 0.717) is 30.1 Å². The van der Waals surface area contributed by atoms with Crippen LogP contribution in [0.4, 0.5) is 11.9 Å². The van der Waals surface area contributed by atoms with Gasteiger partial charge in [0.1, 0.15) is 0 Å². The van der Waals surface area contributed by atoms with Gasteiger partial charge in [0.15, 0.2) is 0 Å². The molecule has 0 radical (unpaired) electrons. The summed E-state index contributed by atoms with van der Waals surface area (Å²) in [7, 11) is 1.58. The van der Waals surface area contributed by atoms with Gasteiger partial charge in [0.05, 0.1) is 19.3 Å². The molecule has 2 fully saturated rings. The second-order valence-corrected chi connectivity index (χ2v) is 5.23. The number of aromatic nitrogens is 3. The second kappa shape index (κ2) is 5.78. The molecular formula is C13H21N5O2. The van der Waals surface area contributed by atoms with E-state index in [4.69, 9.17) is 9.47 Å². The average molecular weight is 279 g/mol. The molecule has 0 amide bonds. The number of nitrogens with zero attached hydrogens (tertiary/aromatic N) is 4. The van der Waals surface area contributed by atoms with Crippen LogP contribution < -0.4 is 15.0 Å². The summed E-state index contributed by atoms with van der Waals surface area (Å²) in [6, 6.07) is 0.354. The first-order valence-electron chi connectivity index (χ1n) is 7.23. The zero-order valence-corrected chi connectivity index (χ0v) is 12.0. The van der Waals surface area contributed by atoms with Crippen molar-refractivity contribution in [3.05, 3.63) is 0 Å². The third-order valence-electron chi connectivity index (χ3n) is 3.65. The molecule has 1 aromatic heterocycles. The van der Waals surface area contributed by atoms with Gasteiger partial charge in [-0.3, -0.25) is 0 Å². The van der Waals surface area contributed by atoms with E-state index in [2.05, 4.69) is 32.1 Å². The molecule has 2 aliphatic heterocycles. The summed E-state index contributed by atoms with van der Waals surface area (Å²) in [4.78, 5) is 15.3. The minimum absolute atomic E-state index is 0.309. The molecular weight excluding hydrogens is 258 g/mol. The van der Waals surface area contributed by atoms with Gasteiger partial charge in [0, 0.05) is 19.6 Å². The Labute approximate surface area is 118 Å². The molecule has 2 bridgehead atoms. The van der Waals surface area contributed by atoms with Crippen LogP contribution in [0.5, 0.6) is 6.01 Å². The minimum atomic E-state index is 0.309. The molecule has 7 heteroatoms. The second-order valence-electron chi connectivity index (χ2n) is 5.23. The van der Waals surface area contributed by atoms with E-state index < -0.39 is 0 Å². The zero-order chi connectivity index (χ0) is 13.9. The van der Waals surface area contributed by atoms with E-state index >= 15 is 0 Å². The van der Waals surface area contributed by atoms with Gasteiger partial charge in [-0.2, -0.15) is 15.0 Å². The highest BCUT2D eigenvalue weighted by molar-refractivity contribution is 5.39. The number of rotatable bonds is 5. The molecule has 7 nitrogen and oxygen atoms in total. The molecule has 0 aromatic carbocycles. The van der Waals surface area contributed by atoms with Gasteiger partial charge in [-0.05, 0) is 19.3 Å². The number of hydrogen-bond acceptors (Lipinski definition) is 7. The third kappa shape index (κ3) is 2.77. The predicted molar refractivity (Wildman–Crippen MR) is 75.3 cm³/mol. The van der Waals surface area contributed by atoms with Gasteiger partial charge in [-0.15, -0.1) is 0 Å². The summed E-state index contributed by atoms with van der Waals surface area (Å²) in [6.07, 6.45) is 3.90. The van der Waals surface area contributed by atoms with Crippen LogP contribution in [0, 0.1) is 0 Å². The van der Waals surface area contributed by atoms with Crippen LogP contribution in [-0.2, 0) is 4.74 Å². The van der Waals surface area contributed by atoms with E-state index in [9.17, 15) is 0 Å². The number of morpholine rings is 1. The first kappa shape index (κ1) is 13.4. The van der Waals surface area contributed by atoms with Crippen LogP contribution in [0.2, 0.25) is 0 Å². The lowest BCUT2D eigenvalue weighted by atomic mass is 10.2. The van der Waals surface area contributed by atoms with E-state index in [1.165, 1.54) is 0 Å². The predicted octanol–water partition coefficient (Wildman–Crippen LogP) is 1.07.